The van der Waals surface area contributed by atoms with E-state index >= 15 is 0 Å². The van der Waals surface area contributed by atoms with E-state index in [0.717, 1.165) is 25.3 Å². The second-order valence-corrected chi connectivity index (χ2v) is 5.02. The van der Waals surface area contributed by atoms with E-state index in [9.17, 15) is 0 Å². The summed E-state index contributed by atoms with van der Waals surface area (Å²) in [6, 6.07) is 8.24. The van der Waals surface area contributed by atoms with Crippen molar-refractivity contribution in [1.29, 1.82) is 0 Å². The zero-order valence-corrected chi connectivity index (χ0v) is 11.5. The number of nitrogens with one attached hydrogen (secondary N) is 1. The lowest BCUT2D eigenvalue weighted by molar-refractivity contribution is 0.192. The van der Waals surface area contributed by atoms with E-state index in [1.54, 1.807) is 0 Å². The molecule has 1 N–H and O–H groups in total. The standard InChI is InChI=1S/C15H25NO/c1-5-14(11-16-10-12(2)3)17-15-8-6-7-13(4)9-15/h6-9,12,14,16H,5,10-11H2,1-4H3. The summed E-state index contributed by atoms with van der Waals surface area (Å²) in [5.74, 6) is 1.66. The monoisotopic (exact) mass is 235 g/mol. The van der Waals surface area contributed by atoms with Crippen LogP contribution in [0.1, 0.15) is 32.8 Å². The number of rotatable bonds is 7. The highest BCUT2D eigenvalue weighted by Gasteiger charge is 2.08. The molecule has 2 heteroatoms. The van der Waals surface area contributed by atoms with Crippen LogP contribution in [0.25, 0.3) is 0 Å². The molecule has 0 aliphatic rings. The van der Waals surface area contributed by atoms with E-state index in [0.29, 0.717) is 5.92 Å². The maximum atomic E-state index is 5.96. The first-order valence-electron chi connectivity index (χ1n) is 6.55. The molecule has 0 amide bonds. The number of hydrogen-bond acceptors (Lipinski definition) is 2. The zero-order valence-electron chi connectivity index (χ0n) is 11.5. The molecule has 1 aromatic carbocycles. The minimum absolute atomic E-state index is 0.260. The van der Waals surface area contributed by atoms with Gasteiger partial charge in [-0.15, -0.1) is 0 Å². The number of hydrogen-bond donors (Lipinski definition) is 1. The minimum atomic E-state index is 0.260. The Morgan fingerprint density at radius 3 is 2.59 bits per heavy atom. The van der Waals surface area contributed by atoms with Crippen molar-refractivity contribution in [3.63, 3.8) is 0 Å². The topological polar surface area (TPSA) is 21.3 Å². The van der Waals surface area contributed by atoms with Crippen LogP contribution in [0.3, 0.4) is 0 Å². The Morgan fingerprint density at radius 2 is 2.00 bits per heavy atom. The lowest BCUT2D eigenvalue weighted by atomic mass is 10.2. The lowest BCUT2D eigenvalue weighted by Crippen LogP contribution is -2.33. The van der Waals surface area contributed by atoms with Gasteiger partial charge in [0, 0.05) is 6.54 Å². The van der Waals surface area contributed by atoms with Crippen molar-refractivity contribution in [3.05, 3.63) is 29.8 Å². The lowest BCUT2D eigenvalue weighted by Gasteiger charge is -2.19. The van der Waals surface area contributed by atoms with Crippen LogP contribution in [0.15, 0.2) is 24.3 Å². The smallest absolute Gasteiger partial charge is 0.120 e. The average molecular weight is 235 g/mol. The normalized spacial score (nSPS) is 12.8. The molecule has 0 fully saturated rings. The molecule has 0 saturated heterocycles. The molecule has 0 saturated carbocycles. The van der Waals surface area contributed by atoms with Gasteiger partial charge in [-0.3, -0.25) is 0 Å². The highest BCUT2D eigenvalue weighted by atomic mass is 16.5. The van der Waals surface area contributed by atoms with Crippen LogP contribution in [-0.4, -0.2) is 19.2 Å². The van der Waals surface area contributed by atoms with E-state index in [4.69, 9.17) is 4.74 Å². The zero-order chi connectivity index (χ0) is 12.7. The van der Waals surface area contributed by atoms with Crippen molar-refractivity contribution in [2.75, 3.05) is 13.1 Å². The Bertz CT molecular complexity index is 322. The van der Waals surface area contributed by atoms with E-state index in [-0.39, 0.29) is 6.10 Å². The number of aryl methyl sites for hydroxylation is 1. The maximum absolute atomic E-state index is 5.96. The fraction of sp³-hybridized carbons (Fsp3) is 0.600. The second-order valence-electron chi connectivity index (χ2n) is 5.02. The molecule has 1 rings (SSSR count). The molecular formula is C15H25NO. The highest BCUT2D eigenvalue weighted by Crippen LogP contribution is 2.15. The molecule has 0 spiro atoms. The summed E-state index contributed by atoms with van der Waals surface area (Å²) in [6.07, 6.45) is 1.29. The van der Waals surface area contributed by atoms with Gasteiger partial charge < -0.3 is 10.1 Å². The van der Waals surface area contributed by atoms with Crippen LogP contribution in [0.2, 0.25) is 0 Å². The summed E-state index contributed by atoms with van der Waals surface area (Å²) in [4.78, 5) is 0. The van der Waals surface area contributed by atoms with Gasteiger partial charge in [-0.2, -0.15) is 0 Å². The van der Waals surface area contributed by atoms with Gasteiger partial charge in [0.2, 0.25) is 0 Å². The molecule has 1 aromatic rings. The predicted octanol–water partition coefficient (Wildman–Crippen LogP) is 3.40. The summed E-state index contributed by atoms with van der Waals surface area (Å²) in [5.41, 5.74) is 1.24. The Hall–Kier alpha value is -1.02. The summed E-state index contributed by atoms with van der Waals surface area (Å²) < 4.78 is 5.96. The van der Waals surface area contributed by atoms with E-state index in [1.807, 2.05) is 12.1 Å². The molecule has 2 nitrogen and oxygen atoms in total. The van der Waals surface area contributed by atoms with Crippen LogP contribution >= 0.6 is 0 Å². The van der Waals surface area contributed by atoms with Crippen molar-refractivity contribution in [2.45, 2.75) is 40.2 Å². The van der Waals surface area contributed by atoms with Crippen molar-refractivity contribution in [3.8, 4) is 5.75 Å². The Balaban J connectivity index is 2.41. The molecule has 1 unspecified atom stereocenters. The molecule has 17 heavy (non-hydrogen) atoms. The van der Waals surface area contributed by atoms with E-state index < -0.39 is 0 Å². The van der Waals surface area contributed by atoms with Crippen molar-refractivity contribution < 1.29 is 4.74 Å². The third-order valence-electron chi connectivity index (χ3n) is 2.67. The molecule has 96 valence electrons. The van der Waals surface area contributed by atoms with Crippen molar-refractivity contribution in [2.24, 2.45) is 5.92 Å². The molecule has 0 aliphatic heterocycles. The maximum Gasteiger partial charge on any atom is 0.120 e. The largest absolute Gasteiger partial charge is 0.489 e. The summed E-state index contributed by atoms with van der Waals surface area (Å²) in [5, 5.41) is 3.45. The van der Waals surface area contributed by atoms with E-state index in [2.05, 4.69) is 45.1 Å². The van der Waals surface area contributed by atoms with Gasteiger partial charge in [0.25, 0.3) is 0 Å². The third-order valence-corrected chi connectivity index (χ3v) is 2.67. The number of ether oxygens (including phenoxy) is 1. The van der Waals surface area contributed by atoms with Gasteiger partial charge in [-0.1, -0.05) is 32.9 Å². The summed E-state index contributed by atoms with van der Waals surface area (Å²) in [6.45, 7) is 10.7. The predicted molar refractivity (Wildman–Crippen MR) is 73.6 cm³/mol. The Morgan fingerprint density at radius 1 is 1.24 bits per heavy atom. The second kappa shape index (κ2) is 7.33. The minimum Gasteiger partial charge on any atom is -0.489 e. The molecule has 0 heterocycles. The first-order valence-corrected chi connectivity index (χ1v) is 6.55. The number of benzene rings is 1. The van der Waals surface area contributed by atoms with Crippen LogP contribution in [0, 0.1) is 12.8 Å². The molecule has 0 bridgehead atoms. The summed E-state index contributed by atoms with van der Waals surface area (Å²) in [7, 11) is 0. The Kier molecular flexibility index (Phi) is 6.06. The molecule has 0 aromatic heterocycles. The SMILES string of the molecule is CCC(CNCC(C)C)Oc1cccc(C)c1. The first-order chi connectivity index (χ1) is 8.11. The van der Waals surface area contributed by atoms with Crippen LogP contribution in [-0.2, 0) is 0 Å². The quantitative estimate of drug-likeness (QED) is 0.782. The fourth-order valence-corrected chi connectivity index (χ4v) is 1.68. The van der Waals surface area contributed by atoms with Crippen LogP contribution in [0.5, 0.6) is 5.75 Å². The van der Waals surface area contributed by atoms with Gasteiger partial charge >= 0.3 is 0 Å². The highest BCUT2D eigenvalue weighted by molar-refractivity contribution is 5.27. The van der Waals surface area contributed by atoms with Gasteiger partial charge in [-0.25, -0.2) is 0 Å². The molecular weight excluding hydrogens is 210 g/mol. The Labute approximate surface area is 105 Å². The third kappa shape index (κ3) is 5.73. The average Bonchev–Trinajstić information content (AvgIpc) is 2.27. The van der Waals surface area contributed by atoms with Crippen LogP contribution in [0.4, 0.5) is 0 Å². The van der Waals surface area contributed by atoms with Gasteiger partial charge in [0.1, 0.15) is 11.9 Å². The van der Waals surface area contributed by atoms with Crippen LogP contribution < -0.4 is 10.1 Å². The fourth-order valence-electron chi connectivity index (χ4n) is 1.68. The summed E-state index contributed by atoms with van der Waals surface area (Å²) >= 11 is 0. The molecule has 1 atom stereocenters. The molecule has 0 aliphatic carbocycles. The first kappa shape index (κ1) is 14.0. The van der Waals surface area contributed by atoms with Crippen molar-refractivity contribution in [1.82, 2.24) is 5.32 Å². The molecule has 0 radical (unpaired) electrons. The van der Waals surface area contributed by atoms with E-state index in [1.165, 1.54) is 5.56 Å². The van der Waals surface area contributed by atoms with Gasteiger partial charge in [-0.05, 0) is 43.5 Å². The van der Waals surface area contributed by atoms with Gasteiger partial charge in [0.15, 0.2) is 0 Å². The van der Waals surface area contributed by atoms with Crippen molar-refractivity contribution >= 4 is 0 Å². The van der Waals surface area contributed by atoms with Gasteiger partial charge in [0.05, 0.1) is 0 Å².